The Kier molecular flexibility index (Phi) is 6.54. The predicted molar refractivity (Wildman–Crippen MR) is 140 cm³/mol. The first-order valence-corrected chi connectivity index (χ1v) is 11.9. The number of para-hydroxylation sites is 1. The Balaban J connectivity index is 1.45. The van der Waals surface area contributed by atoms with E-state index in [9.17, 15) is 4.79 Å². The molecule has 5 rings (SSSR count). The van der Waals surface area contributed by atoms with Gasteiger partial charge >= 0.3 is 0 Å². The monoisotopic (exact) mass is 482 g/mol. The minimum Gasteiger partial charge on any atom is -0.352 e. The number of nitrogens with one attached hydrogen (secondary N) is 2. The maximum absolute atomic E-state index is 12.7. The van der Waals surface area contributed by atoms with Gasteiger partial charge in [0.1, 0.15) is 5.82 Å². The van der Waals surface area contributed by atoms with Crippen LogP contribution in [0.2, 0.25) is 0 Å². The Bertz CT molecular complexity index is 1310. The number of carbonyl (C=O) groups is 1. The van der Waals surface area contributed by atoms with Gasteiger partial charge in [-0.15, -0.1) is 0 Å². The highest BCUT2D eigenvalue weighted by molar-refractivity contribution is 7.80. The van der Waals surface area contributed by atoms with Gasteiger partial charge in [0.05, 0.1) is 17.8 Å². The van der Waals surface area contributed by atoms with Crippen molar-refractivity contribution >= 4 is 28.9 Å². The topological polar surface area (TPSA) is 75.1 Å². The molecule has 2 atom stereocenters. The SMILES string of the molecule is Cc1ccc(-n2cccc2[C@@H]2[C@H](c3ccccn3)NC(=S)N2CCC(=O)Nc2ccccc2)nc1. The third kappa shape index (κ3) is 4.93. The largest absolute Gasteiger partial charge is 0.352 e. The first-order chi connectivity index (χ1) is 17.1. The molecule has 0 bridgehead atoms. The lowest BCUT2D eigenvalue weighted by Crippen LogP contribution is -2.33. The van der Waals surface area contributed by atoms with Crippen LogP contribution in [-0.2, 0) is 4.79 Å². The smallest absolute Gasteiger partial charge is 0.226 e. The summed E-state index contributed by atoms with van der Waals surface area (Å²) in [5.74, 6) is 0.768. The second kappa shape index (κ2) is 10.1. The molecule has 35 heavy (non-hydrogen) atoms. The molecule has 1 saturated heterocycles. The second-order valence-corrected chi connectivity index (χ2v) is 8.87. The van der Waals surface area contributed by atoms with Crippen LogP contribution in [0.25, 0.3) is 5.82 Å². The number of hydrogen-bond donors (Lipinski definition) is 2. The first kappa shape index (κ1) is 22.7. The first-order valence-electron chi connectivity index (χ1n) is 11.5. The van der Waals surface area contributed by atoms with E-state index in [2.05, 4.69) is 36.1 Å². The number of carbonyl (C=O) groups excluding carboxylic acids is 1. The maximum Gasteiger partial charge on any atom is 0.226 e. The van der Waals surface area contributed by atoms with E-state index in [1.165, 1.54) is 0 Å². The molecule has 0 radical (unpaired) electrons. The molecule has 176 valence electrons. The lowest BCUT2D eigenvalue weighted by atomic mass is 10.0. The molecule has 1 aromatic carbocycles. The van der Waals surface area contributed by atoms with Gasteiger partial charge in [-0.2, -0.15) is 0 Å². The summed E-state index contributed by atoms with van der Waals surface area (Å²) in [5.41, 5.74) is 3.79. The number of thiocarbonyl (C=S) groups is 1. The van der Waals surface area contributed by atoms with Crippen LogP contribution < -0.4 is 10.6 Å². The zero-order valence-corrected chi connectivity index (χ0v) is 20.2. The zero-order chi connectivity index (χ0) is 24.2. The summed E-state index contributed by atoms with van der Waals surface area (Å²) in [6.45, 7) is 2.48. The molecule has 1 aliphatic heterocycles. The predicted octanol–water partition coefficient (Wildman–Crippen LogP) is 4.58. The average molecular weight is 483 g/mol. The van der Waals surface area contributed by atoms with Crippen molar-refractivity contribution in [3.8, 4) is 5.82 Å². The lowest BCUT2D eigenvalue weighted by Gasteiger charge is -2.28. The van der Waals surface area contributed by atoms with Crippen LogP contribution in [0.1, 0.15) is 35.5 Å². The molecular weight excluding hydrogens is 456 g/mol. The van der Waals surface area contributed by atoms with Crippen LogP contribution in [0.4, 0.5) is 5.69 Å². The van der Waals surface area contributed by atoms with Gasteiger partial charge < -0.3 is 20.1 Å². The van der Waals surface area contributed by atoms with Gasteiger partial charge in [0.25, 0.3) is 0 Å². The molecule has 7 nitrogen and oxygen atoms in total. The van der Waals surface area contributed by atoms with Crippen molar-refractivity contribution in [1.29, 1.82) is 0 Å². The third-order valence-electron chi connectivity index (χ3n) is 6.06. The molecule has 3 aromatic heterocycles. The van der Waals surface area contributed by atoms with E-state index in [1.54, 1.807) is 6.20 Å². The molecule has 0 unspecified atom stereocenters. The average Bonchev–Trinajstić information content (AvgIpc) is 3.48. The van der Waals surface area contributed by atoms with E-state index in [0.29, 0.717) is 18.1 Å². The van der Waals surface area contributed by atoms with Gasteiger partial charge in [-0.25, -0.2) is 4.98 Å². The summed E-state index contributed by atoms with van der Waals surface area (Å²) in [6.07, 6.45) is 5.95. The highest BCUT2D eigenvalue weighted by Crippen LogP contribution is 2.39. The summed E-state index contributed by atoms with van der Waals surface area (Å²) in [4.78, 5) is 24.0. The Morgan fingerprint density at radius 1 is 1.03 bits per heavy atom. The van der Waals surface area contributed by atoms with Crippen molar-refractivity contribution in [3.05, 3.63) is 108 Å². The fourth-order valence-electron chi connectivity index (χ4n) is 4.38. The number of amides is 1. The van der Waals surface area contributed by atoms with Gasteiger partial charge in [0.2, 0.25) is 5.91 Å². The summed E-state index contributed by atoms with van der Waals surface area (Å²) >= 11 is 5.76. The molecule has 1 amide bonds. The summed E-state index contributed by atoms with van der Waals surface area (Å²) in [6, 6.07) is 23.1. The molecule has 2 N–H and O–H groups in total. The fraction of sp³-hybridized carbons (Fsp3) is 0.185. The Morgan fingerprint density at radius 2 is 1.86 bits per heavy atom. The number of nitrogens with zero attached hydrogens (tertiary/aromatic N) is 4. The van der Waals surface area contributed by atoms with Crippen LogP contribution in [0, 0.1) is 6.92 Å². The molecule has 1 fully saturated rings. The maximum atomic E-state index is 12.7. The lowest BCUT2D eigenvalue weighted by molar-refractivity contribution is -0.116. The highest BCUT2D eigenvalue weighted by atomic mass is 32.1. The minimum atomic E-state index is -0.167. The quantitative estimate of drug-likeness (QED) is 0.376. The number of aromatic nitrogens is 3. The van der Waals surface area contributed by atoms with Gasteiger partial charge in [-0.05, 0) is 67.2 Å². The number of benzene rings is 1. The van der Waals surface area contributed by atoms with Crippen LogP contribution in [-0.4, -0.2) is 37.0 Å². The van der Waals surface area contributed by atoms with Gasteiger partial charge in [-0.3, -0.25) is 9.78 Å². The molecule has 0 saturated carbocycles. The highest BCUT2D eigenvalue weighted by Gasteiger charge is 2.41. The van der Waals surface area contributed by atoms with E-state index < -0.39 is 0 Å². The molecular formula is C27H26N6OS. The molecule has 0 spiro atoms. The summed E-state index contributed by atoms with van der Waals surface area (Å²) in [5, 5.41) is 7.01. The van der Waals surface area contributed by atoms with E-state index in [4.69, 9.17) is 12.2 Å². The summed E-state index contributed by atoms with van der Waals surface area (Å²) < 4.78 is 2.08. The van der Waals surface area contributed by atoms with E-state index in [0.717, 1.165) is 28.5 Å². The molecule has 8 heteroatoms. The second-order valence-electron chi connectivity index (χ2n) is 8.48. The normalized spacial score (nSPS) is 17.3. The van der Waals surface area contributed by atoms with E-state index >= 15 is 0 Å². The number of rotatable bonds is 7. The number of hydrogen-bond acceptors (Lipinski definition) is 4. The Morgan fingerprint density at radius 3 is 2.60 bits per heavy atom. The minimum absolute atomic E-state index is 0.0605. The molecule has 1 aliphatic rings. The van der Waals surface area contributed by atoms with Crippen LogP contribution in [0.5, 0.6) is 0 Å². The van der Waals surface area contributed by atoms with Crippen LogP contribution >= 0.6 is 12.2 Å². The number of aryl methyl sites for hydroxylation is 1. The van der Waals surface area contributed by atoms with Crippen molar-refractivity contribution in [2.45, 2.75) is 25.4 Å². The van der Waals surface area contributed by atoms with Crippen molar-refractivity contribution in [2.75, 3.05) is 11.9 Å². The summed E-state index contributed by atoms with van der Waals surface area (Å²) in [7, 11) is 0. The third-order valence-corrected chi connectivity index (χ3v) is 6.41. The molecule has 4 aromatic rings. The van der Waals surface area contributed by atoms with Gasteiger partial charge in [-0.1, -0.05) is 30.3 Å². The standard InChI is InChI=1S/C27H26N6OS/c1-19-12-13-23(29-18-19)32-16-7-11-22(32)26-25(21-10-5-6-15-28-21)31-27(35)33(26)17-14-24(34)30-20-8-3-2-4-9-20/h2-13,15-16,18,25-26H,14,17H2,1H3,(H,30,34)(H,31,35)/t25-,26+/m0/s1. The van der Waals surface area contributed by atoms with Gasteiger partial charge in [0.15, 0.2) is 5.11 Å². The van der Waals surface area contributed by atoms with Crippen LogP contribution in [0.3, 0.4) is 0 Å². The molecule has 4 heterocycles. The molecule has 0 aliphatic carbocycles. The van der Waals surface area contributed by atoms with Gasteiger partial charge in [0, 0.05) is 42.9 Å². The van der Waals surface area contributed by atoms with E-state index in [-0.39, 0.29) is 18.0 Å². The Labute approximate surface area is 209 Å². The fourth-order valence-corrected chi connectivity index (χ4v) is 4.71. The Hall–Kier alpha value is -4.04. The zero-order valence-electron chi connectivity index (χ0n) is 19.3. The van der Waals surface area contributed by atoms with Crippen LogP contribution in [0.15, 0.2) is 91.4 Å². The van der Waals surface area contributed by atoms with Crippen molar-refractivity contribution < 1.29 is 4.79 Å². The van der Waals surface area contributed by atoms with Crippen molar-refractivity contribution in [1.82, 2.24) is 24.8 Å². The van der Waals surface area contributed by atoms with Crippen molar-refractivity contribution in [3.63, 3.8) is 0 Å². The number of pyridine rings is 2. The van der Waals surface area contributed by atoms with Crippen molar-refractivity contribution in [2.24, 2.45) is 0 Å². The van der Waals surface area contributed by atoms with E-state index in [1.807, 2.05) is 86.0 Å². The number of anilines is 1.